The van der Waals surface area contributed by atoms with Gasteiger partial charge in [0.25, 0.3) is 0 Å². The third kappa shape index (κ3) is 1.87. The van der Waals surface area contributed by atoms with Crippen molar-refractivity contribution in [1.29, 1.82) is 0 Å². The van der Waals surface area contributed by atoms with E-state index < -0.39 is 0 Å². The second-order valence-corrected chi connectivity index (χ2v) is 4.40. The van der Waals surface area contributed by atoms with Gasteiger partial charge in [-0.3, -0.25) is 0 Å². The summed E-state index contributed by atoms with van der Waals surface area (Å²) in [7, 11) is 0. The molecule has 2 aromatic rings. The largest absolute Gasteiger partial charge is 0.396 e. The number of halogens is 1. The Bertz CT molecular complexity index is 490. The van der Waals surface area contributed by atoms with E-state index in [-0.39, 0.29) is 12.5 Å². The number of rotatable bonds is 2. The number of nitrogens with one attached hydrogen (secondary N) is 1. The molecule has 2 rings (SSSR count). The molecule has 15 heavy (non-hydrogen) atoms. The van der Waals surface area contributed by atoms with E-state index in [0.29, 0.717) is 0 Å². The van der Waals surface area contributed by atoms with Crippen molar-refractivity contribution in [2.24, 2.45) is 0 Å². The number of aliphatic hydroxyl groups excluding tert-OH is 1. The first kappa shape index (κ1) is 10.5. The number of benzene rings is 1. The summed E-state index contributed by atoms with van der Waals surface area (Å²) < 4.78 is 0. The van der Waals surface area contributed by atoms with Crippen molar-refractivity contribution in [2.75, 3.05) is 6.61 Å². The Morgan fingerprint density at radius 1 is 1.40 bits per heavy atom. The topological polar surface area (TPSA) is 36.0 Å². The first-order chi connectivity index (χ1) is 7.11. The zero-order valence-electron chi connectivity index (χ0n) is 8.84. The molecule has 0 amide bonds. The van der Waals surface area contributed by atoms with E-state index in [9.17, 15) is 0 Å². The van der Waals surface area contributed by atoms with Crippen LogP contribution in [0, 0.1) is 6.92 Å². The Morgan fingerprint density at radius 3 is 2.80 bits per heavy atom. The second-order valence-electron chi connectivity index (χ2n) is 4.00. The van der Waals surface area contributed by atoms with Crippen LogP contribution in [-0.2, 0) is 0 Å². The van der Waals surface area contributed by atoms with Crippen LogP contribution in [-0.4, -0.2) is 16.7 Å². The number of hydrogen-bond acceptors (Lipinski definition) is 1. The summed E-state index contributed by atoms with van der Waals surface area (Å²) in [5.41, 5.74) is 3.19. The van der Waals surface area contributed by atoms with Gasteiger partial charge >= 0.3 is 0 Å². The molecule has 1 heterocycles. The van der Waals surface area contributed by atoms with Gasteiger partial charge in [-0.2, -0.15) is 0 Å². The zero-order chi connectivity index (χ0) is 11.0. The number of hydrogen-bond donors (Lipinski definition) is 2. The van der Waals surface area contributed by atoms with Gasteiger partial charge in [-0.25, -0.2) is 0 Å². The van der Waals surface area contributed by atoms with E-state index in [1.165, 1.54) is 0 Å². The third-order valence-electron chi connectivity index (χ3n) is 2.68. The van der Waals surface area contributed by atoms with Crippen LogP contribution in [0.3, 0.4) is 0 Å². The maximum absolute atomic E-state index is 9.12. The van der Waals surface area contributed by atoms with Crippen molar-refractivity contribution in [3.8, 4) is 0 Å². The van der Waals surface area contributed by atoms with Crippen molar-refractivity contribution in [3.63, 3.8) is 0 Å². The number of aromatic nitrogens is 1. The van der Waals surface area contributed by atoms with E-state index in [4.69, 9.17) is 16.7 Å². The third-order valence-corrected chi connectivity index (χ3v) is 3.00. The van der Waals surface area contributed by atoms with Crippen LogP contribution in [0.15, 0.2) is 18.2 Å². The smallest absolute Gasteiger partial charge is 0.0497 e. The van der Waals surface area contributed by atoms with Gasteiger partial charge in [0.15, 0.2) is 0 Å². The van der Waals surface area contributed by atoms with Gasteiger partial charge in [0.05, 0.1) is 0 Å². The predicted molar refractivity (Wildman–Crippen MR) is 63.5 cm³/mol. The predicted octanol–water partition coefficient (Wildman–Crippen LogP) is 3.23. The molecule has 1 aromatic heterocycles. The molecule has 0 saturated heterocycles. The van der Waals surface area contributed by atoms with Crippen LogP contribution in [0.5, 0.6) is 0 Å². The van der Waals surface area contributed by atoms with Crippen molar-refractivity contribution in [1.82, 2.24) is 4.98 Å². The lowest BCUT2D eigenvalue weighted by Gasteiger charge is -2.10. The summed E-state index contributed by atoms with van der Waals surface area (Å²) in [4.78, 5) is 3.26. The summed E-state index contributed by atoms with van der Waals surface area (Å²) in [5.74, 6) is 0.0745. The molecule has 2 nitrogen and oxygen atoms in total. The lowest BCUT2D eigenvalue weighted by atomic mass is 10.0. The Hall–Kier alpha value is -0.990. The lowest BCUT2D eigenvalue weighted by molar-refractivity contribution is 0.273. The summed E-state index contributed by atoms with van der Waals surface area (Å²) in [6.07, 6.45) is 0. The van der Waals surface area contributed by atoms with Gasteiger partial charge in [0.1, 0.15) is 0 Å². The van der Waals surface area contributed by atoms with Gasteiger partial charge in [0.2, 0.25) is 0 Å². The molecule has 0 radical (unpaired) electrons. The quantitative estimate of drug-likeness (QED) is 0.806. The van der Waals surface area contributed by atoms with Crippen LogP contribution in [0.2, 0.25) is 5.02 Å². The standard InChI is InChI=1S/C12H14ClNO/c1-7(6-15)10-5-12-9(4-11(10)13)3-8(2)14-12/h3-5,7,14-15H,6H2,1-2H3. The lowest BCUT2D eigenvalue weighted by Crippen LogP contribution is -1.99. The summed E-state index contributed by atoms with van der Waals surface area (Å²) in [6.45, 7) is 4.09. The Labute approximate surface area is 93.9 Å². The molecule has 0 saturated carbocycles. The van der Waals surface area contributed by atoms with Crippen molar-refractivity contribution in [2.45, 2.75) is 19.8 Å². The number of aliphatic hydroxyl groups is 1. The molecule has 1 unspecified atom stereocenters. The van der Waals surface area contributed by atoms with Gasteiger partial charge in [-0.05, 0) is 30.7 Å². The molecule has 0 aliphatic rings. The fourth-order valence-electron chi connectivity index (χ4n) is 1.79. The fourth-order valence-corrected chi connectivity index (χ4v) is 2.15. The van der Waals surface area contributed by atoms with Crippen LogP contribution >= 0.6 is 11.6 Å². The highest BCUT2D eigenvalue weighted by Gasteiger charge is 2.10. The molecule has 2 N–H and O–H groups in total. The molecular weight excluding hydrogens is 210 g/mol. The van der Waals surface area contributed by atoms with Crippen molar-refractivity contribution >= 4 is 22.5 Å². The molecule has 3 heteroatoms. The van der Waals surface area contributed by atoms with Crippen molar-refractivity contribution < 1.29 is 5.11 Å². The molecule has 1 aromatic carbocycles. The number of H-pyrrole nitrogens is 1. The zero-order valence-corrected chi connectivity index (χ0v) is 9.60. The Kier molecular flexibility index (Phi) is 2.72. The highest BCUT2D eigenvalue weighted by atomic mass is 35.5. The van der Waals surface area contributed by atoms with Gasteiger partial charge < -0.3 is 10.1 Å². The normalized spacial score (nSPS) is 13.3. The highest BCUT2D eigenvalue weighted by molar-refractivity contribution is 6.32. The monoisotopic (exact) mass is 223 g/mol. The molecule has 0 aliphatic heterocycles. The minimum Gasteiger partial charge on any atom is -0.396 e. The SMILES string of the molecule is Cc1cc2cc(Cl)c(C(C)CO)cc2[nH]1. The number of aromatic amines is 1. The molecule has 0 bridgehead atoms. The summed E-state index contributed by atoms with van der Waals surface area (Å²) in [5, 5.41) is 11.0. The van der Waals surface area contributed by atoms with E-state index in [1.54, 1.807) is 0 Å². The molecular formula is C12H14ClNO. The van der Waals surface area contributed by atoms with E-state index in [2.05, 4.69) is 11.1 Å². The second kappa shape index (κ2) is 3.87. The maximum Gasteiger partial charge on any atom is 0.0497 e. The number of aryl methyl sites for hydroxylation is 1. The summed E-state index contributed by atoms with van der Waals surface area (Å²) >= 11 is 6.16. The van der Waals surface area contributed by atoms with Gasteiger partial charge in [0, 0.05) is 34.1 Å². The molecule has 0 aliphatic carbocycles. The first-order valence-electron chi connectivity index (χ1n) is 5.01. The Morgan fingerprint density at radius 2 is 2.13 bits per heavy atom. The minimum absolute atomic E-state index is 0.0745. The first-order valence-corrected chi connectivity index (χ1v) is 5.39. The van der Waals surface area contributed by atoms with Crippen LogP contribution in [0.1, 0.15) is 24.1 Å². The maximum atomic E-state index is 9.12. The minimum atomic E-state index is 0.0745. The highest BCUT2D eigenvalue weighted by Crippen LogP contribution is 2.29. The average molecular weight is 224 g/mol. The Balaban J connectivity index is 2.60. The molecule has 0 spiro atoms. The van der Waals surface area contributed by atoms with Crippen LogP contribution < -0.4 is 0 Å². The van der Waals surface area contributed by atoms with Crippen molar-refractivity contribution in [3.05, 3.63) is 34.5 Å². The number of fused-ring (bicyclic) bond motifs is 1. The van der Waals surface area contributed by atoms with Crippen LogP contribution in [0.25, 0.3) is 10.9 Å². The van der Waals surface area contributed by atoms with Gasteiger partial charge in [-0.15, -0.1) is 0 Å². The molecule has 80 valence electrons. The molecule has 0 fully saturated rings. The summed E-state index contributed by atoms with van der Waals surface area (Å²) in [6, 6.07) is 6.03. The molecule has 1 atom stereocenters. The fraction of sp³-hybridized carbons (Fsp3) is 0.333. The van der Waals surface area contributed by atoms with Crippen LogP contribution in [0.4, 0.5) is 0 Å². The average Bonchev–Trinajstić information content (AvgIpc) is 2.55. The van der Waals surface area contributed by atoms with E-state index in [0.717, 1.165) is 27.2 Å². The van der Waals surface area contributed by atoms with Gasteiger partial charge in [-0.1, -0.05) is 18.5 Å². The van der Waals surface area contributed by atoms with E-state index in [1.807, 2.05) is 26.0 Å². The van der Waals surface area contributed by atoms with E-state index >= 15 is 0 Å².